The van der Waals surface area contributed by atoms with Crippen molar-refractivity contribution in [3.63, 3.8) is 0 Å². The average Bonchev–Trinajstić information content (AvgIpc) is 2.72. The van der Waals surface area contributed by atoms with Crippen molar-refractivity contribution < 1.29 is 27.5 Å². The quantitative estimate of drug-likeness (QED) is 0.640. The number of ether oxygens (including phenoxy) is 1. The van der Waals surface area contributed by atoms with Crippen molar-refractivity contribution in [1.29, 1.82) is 0 Å². The number of aromatic nitrogens is 2. The van der Waals surface area contributed by atoms with Crippen LogP contribution in [0.2, 0.25) is 0 Å². The lowest BCUT2D eigenvalue weighted by atomic mass is 10.2. The zero-order valence-corrected chi connectivity index (χ0v) is 15.3. The van der Waals surface area contributed by atoms with Gasteiger partial charge in [-0.15, -0.1) is 0 Å². The highest BCUT2D eigenvalue weighted by molar-refractivity contribution is 6.04. The Bertz CT molecular complexity index is 1070. The second-order valence-electron chi connectivity index (χ2n) is 6.15. The molecule has 154 valence electrons. The summed E-state index contributed by atoms with van der Waals surface area (Å²) >= 11 is 0. The number of hydrogen-bond acceptors (Lipinski definition) is 5. The van der Waals surface area contributed by atoms with Gasteiger partial charge in [0.15, 0.2) is 0 Å². The zero-order chi connectivity index (χ0) is 21.7. The van der Waals surface area contributed by atoms with Crippen LogP contribution in [-0.2, 0) is 12.8 Å². The number of nitrogens with zero attached hydrogens (tertiary/aromatic N) is 2. The average molecular weight is 416 g/mol. The molecule has 0 aliphatic carbocycles. The van der Waals surface area contributed by atoms with Gasteiger partial charge in [-0.3, -0.25) is 19.6 Å². The molecular formula is C20H15F3N4O3. The summed E-state index contributed by atoms with van der Waals surface area (Å²) in [6.07, 6.45) is -0.962. The molecule has 1 aromatic carbocycles. The number of anilines is 1. The van der Waals surface area contributed by atoms with Crippen LogP contribution in [0.3, 0.4) is 0 Å². The summed E-state index contributed by atoms with van der Waals surface area (Å²) < 4.78 is 43.3. The number of pyridine rings is 2. The lowest BCUT2D eigenvalue weighted by Crippen LogP contribution is -2.14. The van der Waals surface area contributed by atoms with Gasteiger partial charge in [-0.2, -0.15) is 13.2 Å². The molecule has 0 aliphatic rings. The van der Waals surface area contributed by atoms with Crippen LogP contribution < -0.4 is 15.8 Å². The van der Waals surface area contributed by atoms with Crippen LogP contribution in [0.5, 0.6) is 5.75 Å². The summed E-state index contributed by atoms with van der Waals surface area (Å²) in [5.74, 6) is -0.889. The van der Waals surface area contributed by atoms with Gasteiger partial charge in [0.05, 0.1) is 17.3 Å². The van der Waals surface area contributed by atoms with Gasteiger partial charge in [-0.05, 0) is 35.9 Å². The fourth-order valence-corrected chi connectivity index (χ4v) is 2.44. The third-order valence-corrected chi connectivity index (χ3v) is 3.90. The Hall–Kier alpha value is -3.95. The number of rotatable bonds is 6. The van der Waals surface area contributed by atoms with Crippen LogP contribution in [0, 0.1) is 0 Å². The lowest BCUT2D eigenvalue weighted by molar-refractivity contribution is -0.141. The number of alkyl halides is 3. The highest BCUT2D eigenvalue weighted by Gasteiger charge is 2.32. The van der Waals surface area contributed by atoms with E-state index in [2.05, 4.69) is 15.3 Å². The zero-order valence-electron chi connectivity index (χ0n) is 15.3. The number of nitrogens with two attached hydrogens (primary N) is 1. The second-order valence-corrected chi connectivity index (χ2v) is 6.15. The van der Waals surface area contributed by atoms with Gasteiger partial charge in [-0.1, -0.05) is 12.1 Å². The number of amides is 2. The molecular weight excluding hydrogens is 401 g/mol. The van der Waals surface area contributed by atoms with Crippen LogP contribution in [0.15, 0.2) is 61.1 Å². The van der Waals surface area contributed by atoms with Gasteiger partial charge in [0.25, 0.3) is 5.91 Å². The van der Waals surface area contributed by atoms with E-state index >= 15 is 0 Å². The molecule has 0 fully saturated rings. The minimum absolute atomic E-state index is 0.0148. The molecule has 0 atom stereocenters. The van der Waals surface area contributed by atoms with Crippen molar-refractivity contribution in [2.75, 3.05) is 5.32 Å². The molecule has 0 spiro atoms. The van der Waals surface area contributed by atoms with Crippen molar-refractivity contribution in [2.24, 2.45) is 5.73 Å². The summed E-state index contributed by atoms with van der Waals surface area (Å²) in [5, 5.41) is 2.59. The first kappa shape index (κ1) is 20.8. The molecule has 0 bridgehead atoms. The fourth-order valence-electron chi connectivity index (χ4n) is 2.44. The van der Waals surface area contributed by atoms with Crippen LogP contribution >= 0.6 is 0 Å². The van der Waals surface area contributed by atoms with Gasteiger partial charge < -0.3 is 15.8 Å². The first-order chi connectivity index (χ1) is 14.2. The fraction of sp³-hybridized carbons (Fsp3) is 0.100. The number of hydrogen-bond donors (Lipinski definition) is 2. The monoisotopic (exact) mass is 416 g/mol. The van der Waals surface area contributed by atoms with Crippen molar-refractivity contribution in [2.45, 2.75) is 12.8 Å². The highest BCUT2D eigenvalue weighted by atomic mass is 19.4. The number of carbonyl (C=O) groups excluding carboxylic acids is 2. The van der Waals surface area contributed by atoms with E-state index in [4.69, 9.17) is 10.5 Å². The predicted octanol–water partition coefficient (Wildman–Crippen LogP) is 3.43. The molecule has 0 saturated carbocycles. The molecule has 0 radical (unpaired) electrons. The molecule has 3 aromatic rings. The molecule has 0 saturated heterocycles. The van der Waals surface area contributed by atoms with E-state index in [1.165, 1.54) is 18.5 Å². The molecule has 10 heteroatoms. The van der Waals surface area contributed by atoms with Gasteiger partial charge in [0.2, 0.25) is 5.91 Å². The minimum Gasteiger partial charge on any atom is -0.487 e. The molecule has 30 heavy (non-hydrogen) atoms. The van der Waals surface area contributed by atoms with E-state index in [1.807, 2.05) is 0 Å². The first-order valence-corrected chi connectivity index (χ1v) is 8.53. The van der Waals surface area contributed by atoms with Gasteiger partial charge >= 0.3 is 6.18 Å². The summed E-state index contributed by atoms with van der Waals surface area (Å²) in [5.41, 5.74) is 5.43. The lowest BCUT2D eigenvalue weighted by Gasteiger charge is -2.10. The summed E-state index contributed by atoms with van der Waals surface area (Å²) in [7, 11) is 0. The number of benzene rings is 1. The van der Waals surface area contributed by atoms with Gasteiger partial charge in [0.1, 0.15) is 18.1 Å². The Balaban J connectivity index is 1.64. The molecule has 2 aromatic heterocycles. The number of carbonyl (C=O) groups is 2. The Morgan fingerprint density at radius 2 is 1.83 bits per heavy atom. The SMILES string of the molecule is NC(=O)c1cncc(OCc2cccc(NC(=O)c3ccc(C(F)(F)F)nc3)c2)c1. The predicted molar refractivity (Wildman–Crippen MR) is 101 cm³/mol. The van der Waals surface area contributed by atoms with Crippen LogP contribution in [0.4, 0.5) is 18.9 Å². The molecule has 0 aliphatic heterocycles. The molecule has 2 heterocycles. The van der Waals surface area contributed by atoms with Crippen LogP contribution in [0.25, 0.3) is 0 Å². The maximum absolute atomic E-state index is 12.6. The normalized spacial score (nSPS) is 11.0. The topological polar surface area (TPSA) is 107 Å². The Labute approximate surface area is 168 Å². The van der Waals surface area contributed by atoms with Crippen molar-refractivity contribution in [3.8, 4) is 5.75 Å². The van der Waals surface area contributed by atoms with Crippen molar-refractivity contribution in [1.82, 2.24) is 9.97 Å². The standard InChI is InChI=1S/C20H15F3N4O3/c21-20(22,23)17-5-4-13(9-26-17)19(29)27-15-3-1-2-12(6-15)11-30-16-7-14(18(24)28)8-25-10-16/h1-10H,11H2,(H2,24,28)(H,27,29). The van der Waals surface area contributed by atoms with E-state index in [-0.39, 0.29) is 17.7 Å². The van der Waals surface area contributed by atoms with E-state index in [0.717, 1.165) is 18.3 Å². The maximum Gasteiger partial charge on any atom is 0.433 e. The van der Waals surface area contributed by atoms with Crippen LogP contribution in [-0.4, -0.2) is 21.8 Å². The molecule has 0 unspecified atom stereocenters. The third-order valence-electron chi connectivity index (χ3n) is 3.90. The number of primary amides is 1. The van der Waals surface area contributed by atoms with Gasteiger partial charge in [-0.25, -0.2) is 0 Å². The summed E-state index contributed by atoms with van der Waals surface area (Å²) in [4.78, 5) is 30.6. The van der Waals surface area contributed by atoms with Gasteiger partial charge in [0, 0.05) is 18.1 Å². The largest absolute Gasteiger partial charge is 0.487 e. The third kappa shape index (κ3) is 5.31. The maximum atomic E-state index is 12.6. The smallest absolute Gasteiger partial charge is 0.433 e. The summed E-state index contributed by atoms with van der Waals surface area (Å²) in [6, 6.07) is 9.94. The van der Waals surface area contributed by atoms with E-state index in [1.54, 1.807) is 24.3 Å². The van der Waals surface area contributed by atoms with Crippen molar-refractivity contribution >= 4 is 17.5 Å². The minimum atomic E-state index is -4.57. The van der Waals surface area contributed by atoms with E-state index in [9.17, 15) is 22.8 Å². The van der Waals surface area contributed by atoms with E-state index in [0.29, 0.717) is 17.0 Å². The molecule has 2 amide bonds. The Morgan fingerprint density at radius 3 is 2.50 bits per heavy atom. The first-order valence-electron chi connectivity index (χ1n) is 8.53. The molecule has 3 rings (SSSR count). The molecule has 7 nitrogen and oxygen atoms in total. The number of halogens is 3. The Morgan fingerprint density at radius 1 is 1.03 bits per heavy atom. The summed E-state index contributed by atoms with van der Waals surface area (Å²) in [6.45, 7) is 0.120. The van der Waals surface area contributed by atoms with E-state index < -0.39 is 23.7 Å². The van der Waals surface area contributed by atoms with Crippen LogP contribution in [0.1, 0.15) is 32.0 Å². The Kier molecular flexibility index (Phi) is 5.95. The second kappa shape index (κ2) is 8.60. The van der Waals surface area contributed by atoms with Crippen molar-refractivity contribution in [3.05, 3.63) is 83.4 Å². The number of nitrogens with one attached hydrogen (secondary N) is 1. The molecule has 3 N–H and O–H groups in total. The highest BCUT2D eigenvalue weighted by Crippen LogP contribution is 2.27.